The number of aromatic amines is 1. The van der Waals surface area contributed by atoms with Crippen molar-refractivity contribution in [1.82, 2.24) is 14.6 Å². The average Bonchev–Trinajstić information content (AvgIpc) is 2.59. The molecule has 0 amide bonds. The number of rotatable bonds is 1. The molecule has 0 bridgehead atoms. The molecule has 0 saturated carbocycles. The van der Waals surface area contributed by atoms with Gasteiger partial charge in [0, 0.05) is 11.6 Å². The molecular formula is C6H5N3S. The maximum absolute atomic E-state index is 4.13. The van der Waals surface area contributed by atoms with E-state index in [0.717, 1.165) is 11.4 Å². The van der Waals surface area contributed by atoms with Crippen LogP contribution in [0.4, 0.5) is 0 Å². The summed E-state index contributed by atoms with van der Waals surface area (Å²) >= 11 is 1.44. The van der Waals surface area contributed by atoms with Gasteiger partial charge in [0.2, 0.25) is 0 Å². The molecule has 0 aliphatic rings. The minimum absolute atomic E-state index is 0.961. The largest absolute Gasteiger partial charge is 0.276 e. The Morgan fingerprint density at radius 2 is 2.40 bits per heavy atom. The first-order valence-electron chi connectivity index (χ1n) is 2.87. The summed E-state index contributed by atoms with van der Waals surface area (Å²) in [5.41, 5.74) is 1.93. The van der Waals surface area contributed by atoms with E-state index in [0.29, 0.717) is 0 Å². The first-order valence-corrected chi connectivity index (χ1v) is 3.70. The van der Waals surface area contributed by atoms with Gasteiger partial charge in [-0.1, -0.05) is 0 Å². The van der Waals surface area contributed by atoms with Crippen LogP contribution in [0.25, 0.3) is 11.4 Å². The van der Waals surface area contributed by atoms with Crippen LogP contribution in [-0.4, -0.2) is 14.6 Å². The second-order valence-electron chi connectivity index (χ2n) is 1.86. The predicted octanol–water partition coefficient (Wildman–Crippen LogP) is 1.53. The van der Waals surface area contributed by atoms with Crippen molar-refractivity contribution in [2.24, 2.45) is 0 Å². The summed E-state index contributed by atoms with van der Waals surface area (Å²) < 4.78 is 4.13. The maximum Gasteiger partial charge on any atom is 0.102 e. The lowest BCUT2D eigenvalue weighted by Gasteiger charge is -1.83. The zero-order valence-electron chi connectivity index (χ0n) is 5.11. The van der Waals surface area contributed by atoms with Crippen molar-refractivity contribution in [3.63, 3.8) is 0 Å². The lowest BCUT2D eigenvalue weighted by atomic mass is 10.3. The van der Waals surface area contributed by atoms with Crippen LogP contribution < -0.4 is 0 Å². The summed E-state index contributed by atoms with van der Waals surface area (Å²) in [6.45, 7) is 0. The number of H-pyrrole nitrogens is 1. The second kappa shape index (κ2) is 2.22. The summed E-state index contributed by atoms with van der Waals surface area (Å²) in [4.78, 5) is 0. The molecule has 1 N–H and O–H groups in total. The van der Waals surface area contributed by atoms with Crippen LogP contribution >= 0.6 is 11.5 Å². The molecule has 0 unspecified atom stereocenters. The van der Waals surface area contributed by atoms with Gasteiger partial charge in [-0.15, -0.1) is 0 Å². The molecular weight excluding hydrogens is 146 g/mol. The minimum atomic E-state index is 0.961. The predicted molar refractivity (Wildman–Crippen MR) is 39.7 cm³/mol. The summed E-state index contributed by atoms with van der Waals surface area (Å²) in [6, 6.07) is 3.85. The Morgan fingerprint density at radius 1 is 1.40 bits per heavy atom. The number of aromatic nitrogens is 3. The highest BCUT2D eigenvalue weighted by atomic mass is 32.1. The Hall–Kier alpha value is -1.16. The summed E-state index contributed by atoms with van der Waals surface area (Å²) in [6.07, 6.45) is 1.72. The fourth-order valence-corrected chi connectivity index (χ4v) is 1.27. The highest BCUT2D eigenvalue weighted by molar-refractivity contribution is 7.03. The topological polar surface area (TPSA) is 41.6 Å². The van der Waals surface area contributed by atoms with Gasteiger partial charge in [-0.05, 0) is 23.7 Å². The van der Waals surface area contributed by atoms with Crippen molar-refractivity contribution < 1.29 is 0 Å². The number of hydrogen-bond donors (Lipinski definition) is 1. The van der Waals surface area contributed by atoms with Gasteiger partial charge in [-0.3, -0.25) is 5.10 Å². The Labute approximate surface area is 61.9 Å². The molecule has 0 aliphatic heterocycles. The molecule has 0 radical (unpaired) electrons. The van der Waals surface area contributed by atoms with E-state index >= 15 is 0 Å². The second-order valence-corrected chi connectivity index (χ2v) is 2.52. The van der Waals surface area contributed by atoms with Crippen LogP contribution in [0.15, 0.2) is 23.7 Å². The van der Waals surface area contributed by atoms with Gasteiger partial charge < -0.3 is 0 Å². The number of nitrogens with one attached hydrogen (secondary N) is 1. The van der Waals surface area contributed by atoms with Crippen molar-refractivity contribution in [1.29, 1.82) is 0 Å². The molecule has 50 valence electrons. The van der Waals surface area contributed by atoms with E-state index in [1.807, 2.05) is 17.5 Å². The van der Waals surface area contributed by atoms with Crippen LogP contribution in [0.5, 0.6) is 0 Å². The maximum atomic E-state index is 4.13. The Morgan fingerprint density at radius 3 is 3.00 bits per heavy atom. The van der Waals surface area contributed by atoms with Gasteiger partial charge in [-0.25, -0.2) is 0 Å². The Balaban J connectivity index is 2.48. The van der Waals surface area contributed by atoms with Crippen molar-refractivity contribution in [2.75, 3.05) is 0 Å². The number of hydrogen-bond acceptors (Lipinski definition) is 3. The van der Waals surface area contributed by atoms with Crippen LogP contribution in [-0.2, 0) is 0 Å². The molecule has 3 nitrogen and oxygen atoms in total. The molecule has 4 heteroatoms. The first-order chi connectivity index (χ1) is 4.97. The van der Waals surface area contributed by atoms with E-state index in [1.165, 1.54) is 11.5 Å². The van der Waals surface area contributed by atoms with Gasteiger partial charge in [0.25, 0.3) is 0 Å². The minimum Gasteiger partial charge on any atom is -0.276 e. The van der Waals surface area contributed by atoms with E-state index in [-0.39, 0.29) is 0 Å². The van der Waals surface area contributed by atoms with E-state index in [9.17, 15) is 0 Å². The van der Waals surface area contributed by atoms with E-state index in [1.54, 1.807) is 6.20 Å². The van der Waals surface area contributed by atoms with Crippen LogP contribution in [0.3, 0.4) is 0 Å². The first kappa shape index (κ1) is 5.61. The van der Waals surface area contributed by atoms with Crippen molar-refractivity contribution in [3.05, 3.63) is 23.7 Å². The fraction of sp³-hybridized carbons (Fsp3) is 0. The molecule has 2 aromatic heterocycles. The van der Waals surface area contributed by atoms with Gasteiger partial charge in [0.15, 0.2) is 0 Å². The van der Waals surface area contributed by atoms with Crippen LogP contribution in [0.2, 0.25) is 0 Å². The normalized spacial score (nSPS) is 10.0. The summed E-state index contributed by atoms with van der Waals surface area (Å²) in [5.74, 6) is 0. The molecule has 2 aromatic rings. The third-order valence-electron chi connectivity index (χ3n) is 1.21. The summed E-state index contributed by atoms with van der Waals surface area (Å²) in [5, 5.41) is 8.59. The molecule has 0 aliphatic carbocycles. The lowest BCUT2D eigenvalue weighted by Crippen LogP contribution is -1.74. The molecule has 0 atom stereocenters. The molecule has 0 fully saturated rings. The molecule has 0 saturated heterocycles. The standard InChI is InChI=1S/C6H5N3S/c1-3-7-8-5(1)6-2-4-10-9-6/h1-4H,(H,7,8). The highest BCUT2D eigenvalue weighted by Gasteiger charge is 1.97. The van der Waals surface area contributed by atoms with Gasteiger partial charge >= 0.3 is 0 Å². The van der Waals surface area contributed by atoms with E-state index in [4.69, 9.17) is 0 Å². The zero-order chi connectivity index (χ0) is 6.81. The number of nitrogens with zero attached hydrogens (tertiary/aromatic N) is 2. The Kier molecular flexibility index (Phi) is 1.25. The van der Waals surface area contributed by atoms with Crippen molar-refractivity contribution >= 4 is 11.5 Å². The molecule has 2 heterocycles. The summed E-state index contributed by atoms with van der Waals surface area (Å²) in [7, 11) is 0. The SMILES string of the molecule is c1cc(-c2ccsn2)[nH]n1. The molecule has 10 heavy (non-hydrogen) atoms. The van der Waals surface area contributed by atoms with Crippen LogP contribution in [0, 0.1) is 0 Å². The lowest BCUT2D eigenvalue weighted by molar-refractivity contribution is 1.09. The third-order valence-corrected chi connectivity index (χ3v) is 1.77. The molecule has 0 aromatic carbocycles. The quantitative estimate of drug-likeness (QED) is 0.671. The molecule has 0 spiro atoms. The van der Waals surface area contributed by atoms with Gasteiger partial charge in [0.05, 0.1) is 5.69 Å². The van der Waals surface area contributed by atoms with Gasteiger partial charge in [-0.2, -0.15) is 9.47 Å². The fourth-order valence-electron chi connectivity index (χ4n) is 0.750. The van der Waals surface area contributed by atoms with E-state index in [2.05, 4.69) is 14.6 Å². The molecule has 2 rings (SSSR count). The van der Waals surface area contributed by atoms with Crippen molar-refractivity contribution in [2.45, 2.75) is 0 Å². The smallest absolute Gasteiger partial charge is 0.102 e. The van der Waals surface area contributed by atoms with Gasteiger partial charge in [0.1, 0.15) is 5.69 Å². The van der Waals surface area contributed by atoms with Crippen LogP contribution in [0.1, 0.15) is 0 Å². The highest BCUT2D eigenvalue weighted by Crippen LogP contribution is 2.13. The Bertz CT molecular complexity index is 252. The monoisotopic (exact) mass is 151 g/mol. The van der Waals surface area contributed by atoms with E-state index < -0.39 is 0 Å². The average molecular weight is 151 g/mol. The third kappa shape index (κ3) is 0.823. The zero-order valence-corrected chi connectivity index (χ0v) is 5.93. The van der Waals surface area contributed by atoms with Crippen molar-refractivity contribution in [3.8, 4) is 11.4 Å².